The van der Waals surface area contributed by atoms with Crippen molar-refractivity contribution in [3.05, 3.63) is 35.9 Å². The molecule has 4 rings (SSSR count). The molecule has 0 atom stereocenters. The average molecular weight is 367 g/mol. The maximum atomic E-state index is 5.55. The number of aromatic nitrogens is 4. The van der Waals surface area contributed by atoms with Crippen LogP contribution in [0.4, 0.5) is 5.82 Å². The summed E-state index contributed by atoms with van der Waals surface area (Å²) >= 11 is 0. The Kier molecular flexibility index (Phi) is 4.94. The Morgan fingerprint density at radius 2 is 2.04 bits per heavy atom. The topological polar surface area (TPSA) is 74.1 Å². The van der Waals surface area contributed by atoms with Gasteiger partial charge in [0.25, 0.3) is 0 Å². The predicted octanol–water partition coefficient (Wildman–Crippen LogP) is 3.54. The van der Waals surface area contributed by atoms with Gasteiger partial charge in [-0.05, 0) is 36.5 Å². The fraction of sp³-hybridized carbons (Fsp3) is 0.450. The van der Waals surface area contributed by atoms with Crippen LogP contribution in [0.2, 0.25) is 0 Å². The summed E-state index contributed by atoms with van der Waals surface area (Å²) in [6.07, 6.45) is 1.94. The van der Waals surface area contributed by atoms with E-state index in [1.807, 2.05) is 18.2 Å². The molecule has 0 saturated carbocycles. The highest BCUT2D eigenvalue weighted by Gasteiger charge is 2.18. The van der Waals surface area contributed by atoms with Gasteiger partial charge >= 0.3 is 0 Å². The summed E-state index contributed by atoms with van der Waals surface area (Å²) < 4.78 is 12.8. The molecule has 1 N–H and O–H groups in total. The van der Waals surface area contributed by atoms with Gasteiger partial charge in [0.1, 0.15) is 5.82 Å². The first-order valence-corrected chi connectivity index (χ1v) is 9.41. The van der Waals surface area contributed by atoms with Gasteiger partial charge in [0.05, 0.1) is 12.8 Å². The third-order valence-corrected chi connectivity index (χ3v) is 4.95. The average Bonchev–Trinajstić information content (AvgIpc) is 3.12. The molecule has 0 amide bonds. The number of anilines is 1. The maximum Gasteiger partial charge on any atom is 0.189 e. The van der Waals surface area contributed by atoms with Crippen molar-refractivity contribution in [1.82, 2.24) is 20.0 Å². The van der Waals surface area contributed by atoms with Gasteiger partial charge in [0.2, 0.25) is 0 Å². The molecule has 1 aromatic carbocycles. The molecular formula is C20H25N5O2. The first kappa shape index (κ1) is 17.7. The first-order valence-electron chi connectivity index (χ1n) is 9.41. The Hall–Kier alpha value is -2.67. The third-order valence-electron chi connectivity index (χ3n) is 4.95. The minimum absolute atomic E-state index is 0.349. The SMILES string of the molecule is COc1cc(NC2CCOCC2)nc2c1nnn2-c1cccc(C(C)C)c1. The molecule has 3 heterocycles. The normalized spacial score (nSPS) is 15.4. The van der Waals surface area contributed by atoms with E-state index in [-0.39, 0.29) is 0 Å². The van der Waals surface area contributed by atoms with Crippen molar-refractivity contribution in [1.29, 1.82) is 0 Å². The highest BCUT2D eigenvalue weighted by Crippen LogP contribution is 2.28. The van der Waals surface area contributed by atoms with E-state index in [1.165, 1.54) is 5.56 Å². The number of nitrogens with one attached hydrogen (secondary N) is 1. The number of methoxy groups -OCH3 is 1. The number of rotatable bonds is 5. The van der Waals surface area contributed by atoms with Gasteiger partial charge in [-0.3, -0.25) is 0 Å². The van der Waals surface area contributed by atoms with Crippen LogP contribution in [0.15, 0.2) is 30.3 Å². The summed E-state index contributed by atoms with van der Waals surface area (Å²) in [7, 11) is 1.64. The van der Waals surface area contributed by atoms with Gasteiger partial charge in [-0.25, -0.2) is 4.98 Å². The van der Waals surface area contributed by atoms with Gasteiger partial charge in [0, 0.05) is 25.3 Å². The van der Waals surface area contributed by atoms with Crippen LogP contribution < -0.4 is 10.1 Å². The Labute approximate surface area is 158 Å². The number of hydrogen-bond donors (Lipinski definition) is 1. The van der Waals surface area contributed by atoms with E-state index in [2.05, 4.69) is 41.6 Å². The van der Waals surface area contributed by atoms with Crippen LogP contribution in [-0.4, -0.2) is 46.3 Å². The molecule has 0 radical (unpaired) electrons. The molecule has 7 nitrogen and oxygen atoms in total. The quantitative estimate of drug-likeness (QED) is 0.743. The predicted molar refractivity (Wildman–Crippen MR) is 105 cm³/mol. The van der Waals surface area contributed by atoms with E-state index in [0.29, 0.717) is 28.9 Å². The second-order valence-corrected chi connectivity index (χ2v) is 7.16. The van der Waals surface area contributed by atoms with Gasteiger partial charge in [-0.1, -0.05) is 31.2 Å². The van der Waals surface area contributed by atoms with Gasteiger partial charge in [0.15, 0.2) is 16.9 Å². The minimum atomic E-state index is 0.349. The number of benzene rings is 1. The molecule has 0 bridgehead atoms. The molecule has 0 unspecified atom stereocenters. The Bertz CT molecular complexity index is 931. The fourth-order valence-corrected chi connectivity index (χ4v) is 3.35. The van der Waals surface area contributed by atoms with Crippen molar-refractivity contribution >= 4 is 17.0 Å². The molecular weight excluding hydrogens is 342 g/mol. The zero-order valence-corrected chi connectivity index (χ0v) is 16.0. The molecule has 0 spiro atoms. The molecule has 2 aromatic heterocycles. The summed E-state index contributed by atoms with van der Waals surface area (Å²) in [5.41, 5.74) is 3.54. The van der Waals surface area contributed by atoms with Crippen LogP contribution in [0.25, 0.3) is 16.9 Å². The molecule has 1 saturated heterocycles. The first-order chi connectivity index (χ1) is 13.2. The summed E-state index contributed by atoms with van der Waals surface area (Å²) in [6.45, 7) is 5.91. The van der Waals surface area contributed by atoms with E-state index in [9.17, 15) is 0 Å². The highest BCUT2D eigenvalue weighted by atomic mass is 16.5. The van der Waals surface area contributed by atoms with Crippen molar-refractivity contribution in [2.45, 2.75) is 38.6 Å². The lowest BCUT2D eigenvalue weighted by Gasteiger charge is -2.23. The second-order valence-electron chi connectivity index (χ2n) is 7.16. The fourth-order valence-electron chi connectivity index (χ4n) is 3.35. The molecule has 7 heteroatoms. The number of pyridine rings is 1. The van der Waals surface area contributed by atoms with E-state index in [1.54, 1.807) is 11.8 Å². The van der Waals surface area contributed by atoms with Crippen molar-refractivity contribution in [3.8, 4) is 11.4 Å². The van der Waals surface area contributed by atoms with E-state index in [4.69, 9.17) is 14.5 Å². The number of ether oxygens (including phenoxy) is 2. The van der Waals surface area contributed by atoms with Crippen LogP contribution in [0.5, 0.6) is 5.75 Å². The standard InChI is InChI=1S/C20H25N5O2/c1-13(2)14-5-4-6-16(11-14)25-20-19(23-24-25)17(26-3)12-18(22-20)21-15-7-9-27-10-8-15/h4-6,11-13,15H,7-10H2,1-3H3,(H,21,22). The van der Waals surface area contributed by atoms with E-state index >= 15 is 0 Å². The Morgan fingerprint density at radius 1 is 1.22 bits per heavy atom. The zero-order chi connectivity index (χ0) is 18.8. The third kappa shape index (κ3) is 3.60. The van der Waals surface area contributed by atoms with E-state index < -0.39 is 0 Å². The monoisotopic (exact) mass is 367 g/mol. The largest absolute Gasteiger partial charge is 0.494 e. The number of hydrogen-bond acceptors (Lipinski definition) is 6. The zero-order valence-electron chi connectivity index (χ0n) is 16.0. The summed E-state index contributed by atoms with van der Waals surface area (Å²) in [6, 6.07) is 10.6. The van der Waals surface area contributed by atoms with Crippen molar-refractivity contribution in [2.75, 3.05) is 25.6 Å². The maximum absolute atomic E-state index is 5.55. The van der Waals surface area contributed by atoms with Crippen LogP contribution in [-0.2, 0) is 4.74 Å². The Morgan fingerprint density at radius 3 is 2.78 bits per heavy atom. The van der Waals surface area contributed by atoms with Crippen LogP contribution >= 0.6 is 0 Å². The van der Waals surface area contributed by atoms with Crippen LogP contribution in [0.1, 0.15) is 38.2 Å². The lowest BCUT2D eigenvalue weighted by Crippen LogP contribution is -2.28. The molecule has 142 valence electrons. The lowest BCUT2D eigenvalue weighted by atomic mass is 10.0. The Balaban J connectivity index is 1.75. The smallest absolute Gasteiger partial charge is 0.189 e. The van der Waals surface area contributed by atoms with E-state index in [0.717, 1.165) is 37.6 Å². The van der Waals surface area contributed by atoms with Crippen LogP contribution in [0.3, 0.4) is 0 Å². The van der Waals surface area contributed by atoms with Crippen LogP contribution in [0, 0.1) is 0 Å². The second kappa shape index (κ2) is 7.52. The number of fused-ring (bicyclic) bond motifs is 1. The lowest BCUT2D eigenvalue weighted by molar-refractivity contribution is 0.0904. The van der Waals surface area contributed by atoms with Crippen molar-refractivity contribution in [3.63, 3.8) is 0 Å². The molecule has 0 aliphatic carbocycles. The summed E-state index contributed by atoms with van der Waals surface area (Å²) in [5, 5.41) is 12.2. The molecule has 3 aromatic rings. The summed E-state index contributed by atoms with van der Waals surface area (Å²) in [5.74, 6) is 1.88. The van der Waals surface area contributed by atoms with Gasteiger partial charge < -0.3 is 14.8 Å². The van der Waals surface area contributed by atoms with Crippen molar-refractivity contribution in [2.24, 2.45) is 0 Å². The molecule has 1 aliphatic heterocycles. The molecule has 1 aliphatic rings. The minimum Gasteiger partial charge on any atom is -0.494 e. The van der Waals surface area contributed by atoms with Gasteiger partial charge in [-0.2, -0.15) is 4.68 Å². The molecule has 1 fully saturated rings. The van der Waals surface area contributed by atoms with Gasteiger partial charge in [-0.15, -0.1) is 5.10 Å². The molecule has 27 heavy (non-hydrogen) atoms. The van der Waals surface area contributed by atoms with Crippen molar-refractivity contribution < 1.29 is 9.47 Å². The summed E-state index contributed by atoms with van der Waals surface area (Å²) in [4.78, 5) is 4.79. The highest BCUT2D eigenvalue weighted by molar-refractivity contribution is 5.81. The number of nitrogens with zero attached hydrogens (tertiary/aromatic N) is 4.